The van der Waals surface area contributed by atoms with Gasteiger partial charge in [0.2, 0.25) is 0 Å². The van der Waals surface area contributed by atoms with E-state index >= 15 is 0 Å². The Morgan fingerprint density at radius 2 is 1.82 bits per heavy atom. The van der Waals surface area contributed by atoms with Crippen LogP contribution in [0.4, 0.5) is 10.5 Å². The fourth-order valence-electron chi connectivity index (χ4n) is 2.32. The molecule has 0 saturated carbocycles. The minimum atomic E-state index is -0.373. The van der Waals surface area contributed by atoms with Gasteiger partial charge in [-0.25, -0.2) is 10.2 Å². The van der Waals surface area contributed by atoms with Gasteiger partial charge in [-0.1, -0.05) is 36.4 Å². The van der Waals surface area contributed by atoms with Gasteiger partial charge >= 0.3 is 6.03 Å². The van der Waals surface area contributed by atoms with Crippen LogP contribution in [0.25, 0.3) is 10.9 Å². The maximum Gasteiger partial charge on any atom is 0.339 e. The van der Waals surface area contributed by atoms with E-state index in [1.165, 1.54) is 0 Å². The minimum absolute atomic E-state index is 0.373. The van der Waals surface area contributed by atoms with E-state index in [1.807, 2.05) is 72.4 Å². The molecule has 1 aromatic heterocycles. The van der Waals surface area contributed by atoms with Gasteiger partial charge in [0.25, 0.3) is 0 Å². The summed E-state index contributed by atoms with van der Waals surface area (Å²) < 4.78 is 2.03. The highest BCUT2D eigenvalue weighted by Crippen LogP contribution is 2.18. The normalized spacial score (nSPS) is 11.0. The van der Waals surface area contributed by atoms with Crippen molar-refractivity contribution in [2.75, 3.05) is 5.32 Å². The lowest BCUT2D eigenvalue weighted by atomic mass is 10.2. The molecule has 22 heavy (non-hydrogen) atoms. The largest absolute Gasteiger partial charge is 0.350 e. The molecule has 1 heterocycles. The molecule has 0 aliphatic heterocycles. The van der Waals surface area contributed by atoms with Crippen LogP contribution in [0.5, 0.6) is 0 Å². The van der Waals surface area contributed by atoms with Crippen molar-refractivity contribution in [3.05, 3.63) is 66.4 Å². The van der Waals surface area contributed by atoms with Crippen molar-refractivity contribution in [3.63, 3.8) is 0 Å². The van der Waals surface area contributed by atoms with Crippen molar-refractivity contribution in [2.45, 2.75) is 0 Å². The van der Waals surface area contributed by atoms with Crippen LogP contribution in [0.3, 0.4) is 0 Å². The molecule has 0 bridgehead atoms. The Morgan fingerprint density at radius 3 is 2.64 bits per heavy atom. The molecule has 0 aliphatic carbocycles. The van der Waals surface area contributed by atoms with Crippen LogP contribution in [0.1, 0.15) is 5.56 Å². The fourth-order valence-corrected chi connectivity index (χ4v) is 2.32. The van der Waals surface area contributed by atoms with Gasteiger partial charge in [0.05, 0.1) is 6.21 Å². The van der Waals surface area contributed by atoms with E-state index in [0.717, 1.165) is 22.2 Å². The van der Waals surface area contributed by atoms with Crippen LogP contribution >= 0.6 is 0 Å². The molecular weight excluding hydrogens is 276 g/mol. The molecule has 0 spiro atoms. The summed E-state index contributed by atoms with van der Waals surface area (Å²) in [6, 6.07) is 16.9. The second-order valence-electron chi connectivity index (χ2n) is 4.90. The SMILES string of the molecule is Cn1cc(C=NNC(=O)Nc2ccccc2)c2ccccc21. The number of nitrogens with one attached hydrogen (secondary N) is 2. The lowest BCUT2D eigenvalue weighted by molar-refractivity contribution is 0.252. The number of nitrogens with zero attached hydrogens (tertiary/aromatic N) is 2. The molecule has 110 valence electrons. The molecule has 2 N–H and O–H groups in total. The van der Waals surface area contributed by atoms with Gasteiger partial charge in [-0.2, -0.15) is 5.10 Å². The van der Waals surface area contributed by atoms with Crippen molar-refractivity contribution in [1.29, 1.82) is 0 Å². The van der Waals surface area contributed by atoms with E-state index in [4.69, 9.17) is 0 Å². The lowest BCUT2D eigenvalue weighted by Crippen LogP contribution is -2.24. The second kappa shape index (κ2) is 6.13. The molecule has 2 aromatic carbocycles. The van der Waals surface area contributed by atoms with Gasteiger partial charge < -0.3 is 9.88 Å². The number of amides is 2. The standard InChI is InChI=1S/C17H16N4O/c1-21-12-13(15-9-5-6-10-16(15)21)11-18-20-17(22)19-14-7-3-2-4-8-14/h2-12H,1H3,(H2,19,20,22). The van der Waals surface area contributed by atoms with E-state index < -0.39 is 0 Å². The number of urea groups is 1. The summed E-state index contributed by atoms with van der Waals surface area (Å²) in [5.74, 6) is 0. The Hall–Kier alpha value is -3.08. The number of benzene rings is 2. The maximum atomic E-state index is 11.7. The van der Waals surface area contributed by atoms with E-state index in [9.17, 15) is 4.79 Å². The lowest BCUT2D eigenvalue weighted by Gasteiger charge is -2.02. The van der Waals surface area contributed by atoms with E-state index in [2.05, 4.69) is 15.8 Å². The zero-order valence-corrected chi connectivity index (χ0v) is 12.2. The van der Waals surface area contributed by atoms with Crippen LogP contribution in [0.15, 0.2) is 65.9 Å². The summed E-state index contributed by atoms with van der Waals surface area (Å²) in [4.78, 5) is 11.7. The van der Waals surface area contributed by atoms with Crippen molar-refractivity contribution in [1.82, 2.24) is 9.99 Å². The van der Waals surface area contributed by atoms with Crippen molar-refractivity contribution < 1.29 is 4.79 Å². The first-order valence-corrected chi connectivity index (χ1v) is 6.93. The Labute approximate surface area is 128 Å². The number of hydrogen-bond donors (Lipinski definition) is 2. The molecule has 0 fully saturated rings. The number of rotatable bonds is 3. The van der Waals surface area contributed by atoms with Crippen LogP contribution in [-0.2, 0) is 7.05 Å². The van der Waals surface area contributed by atoms with Crippen LogP contribution in [-0.4, -0.2) is 16.8 Å². The van der Waals surface area contributed by atoms with Gasteiger partial charge in [0.1, 0.15) is 0 Å². The molecule has 0 radical (unpaired) electrons. The van der Waals surface area contributed by atoms with Crippen molar-refractivity contribution in [3.8, 4) is 0 Å². The number of anilines is 1. The van der Waals surface area contributed by atoms with Crippen LogP contribution < -0.4 is 10.7 Å². The average molecular weight is 292 g/mol. The number of para-hydroxylation sites is 2. The summed E-state index contributed by atoms with van der Waals surface area (Å²) in [7, 11) is 1.98. The smallest absolute Gasteiger partial charge is 0.339 e. The number of hydrazone groups is 1. The van der Waals surface area contributed by atoms with Crippen molar-refractivity contribution in [2.24, 2.45) is 12.1 Å². The average Bonchev–Trinajstić information content (AvgIpc) is 2.85. The predicted octanol–water partition coefficient (Wildman–Crippen LogP) is 3.33. The molecule has 5 nitrogen and oxygen atoms in total. The summed E-state index contributed by atoms with van der Waals surface area (Å²) in [6.07, 6.45) is 3.62. The summed E-state index contributed by atoms with van der Waals surface area (Å²) in [6.45, 7) is 0. The molecule has 0 atom stereocenters. The van der Waals surface area contributed by atoms with Gasteiger partial charge in [-0.05, 0) is 18.2 Å². The van der Waals surface area contributed by atoms with Crippen LogP contribution in [0.2, 0.25) is 0 Å². The van der Waals surface area contributed by atoms with Gasteiger partial charge in [-0.3, -0.25) is 0 Å². The van der Waals surface area contributed by atoms with Crippen molar-refractivity contribution >= 4 is 28.8 Å². The Kier molecular flexibility index (Phi) is 3.87. The van der Waals surface area contributed by atoms with Gasteiger partial charge in [-0.15, -0.1) is 0 Å². The zero-order valence-electron chi connectivity index (χ0n) is 12.2. The Bertz CT molecular complexity index is 821. The first-order chi connectivity index (χ1) is 10.7. The topological polar surface area (TPSA) is 58.4 Å². The highest BCUT2D eigenvalue weighted by atomic mass is 16.2. The summed E-state index contributed by atoms with van der Waals surface area (Å²) >= 11 is 0. The highest BCUT2D eigenvalue weighted by Gasteiger charge is 2.03. The predicted molar refractivity (Wildman–Crippen MR) is 89.1 cm³/mol. The number of fused-ring (bicyclic) bond motifs is 1. The maximum absolute atomic E-state index is 11.7. The van der Waals surface area contributed by atoms with E-state index in [1.54, 1.807) is 6.21 Å². The number of aryl methyl sites for hydroxylation is 1. The quantitative estimate of drug-likeness (QED) is 0.564. The molecule has 0 unspecified atom stereocenters. The number of carbonyl (C=O) groups is 1. The first kappa shape index (κ1) is 13.9. The third kappa shape index (κ3) is 2.98. The van der Waals surface area contributed by atoms with Gasteiger partial charge in [0.15, 0.2) is 0 Å². The second-order valence-corrected chi connectivity index (χ2v) is 4.90. The summed E-state index contributed by atoms with van der Waals surface area (Å²) in [5.41, 5.74) is 5.27. The van der Waals surface area contributed by atoms with E-state index in [-0.39, 0.29) is 6.03 Å². The minimum Gasteiger partial charge on any atom is -0.350 e. The van der Waals surface area contributed by atoms with Gasteiger partial charge in [0, 0.05) is 35.4 Å². The molecule has 2 amide bonds. The molecule has 0 aliphatic rings. The molecule has 3 rings (SSSR count). The molecule has 5 heteroatoms. The highest BCUT2D eigenvalue weighted by molar-refractivity contribution is 6.00. The van der Waals surface area contributed by atoms with E-state index in [0.29, 0.717) is 0 Å². The zero-order chi connectivity index (χ0) is 15.4. The third-order valence-electron chi connectivity index (χ3n) is 3.33. The number of carbonyl (C=O) groups excluding carboxylic acids is 1. The third-order valence-corrected chi connectivity index (χ3v) is 3.33. The molecular formula is C17H16N4O. The Morgan fingerprint density at radius 1 is 1.09 bits per heavy atom. The Balaban J connectivity index is 1.67. The summed E-state index contributed by atoms with van der Waals surface area (Å²) in [5, 5.41) is 7.80. The first-order valence-electron chi connectivity index (χ1n) is 6.93. The number of hydrogen-bond acceptors (Lipinski definition) is 2. The molecule has 0 saturated heterocycles. The number of aromatic nitrogens is 1. The monoisotopic (exact) mass is 292 g/mol. The molecule has 3 aromatic rings. The van der Waals surface area contributed by atoms with Crippen LogP contribution in [0, 0.1) is 0 Å². The fraction of sp³-hybridized carbons (Fsp3) is 0.0588.